The van der Waals surface area contributed by atoms with Crippen molar-refractivity contribution in [1.82, 2.24) is 0 Å². The summed E-state index contributed by atoms with van der Waals surface area (Å²) >= 11 is 0. The summed E-state index contributed by atoms with van der Waals surface area (Å²) < 4.78 is 10.5. The highest BCUT2D eigenvalue weighted by molar-refractivity contribution is 5.94. The summed E-state index contributed by atoms with van der Waals surface area (Å²) in [5.41, 5.74) is 2.50. The lowest BCUT2D eigenvalue weighted by atomic mass is 9.98. The Morgan fingerprint density at radius 2 is 2.00 bits per heavy atom. The molecule has 5 nitrogen and oxygen atoms in total. The fourth-order valence-corrected chi connectivity index (χ4v) is 2.39. The molecule has 124 valence electrons. The zero-order valence-corrected chi connectivity index (χ0v) is 14.0. The molecular weight excluding hydrogens is 304 g/mol. The Balaban J connectivity index is 2.14. The van der Waals surface area contributed by atoms with Gasteiger partial charge in [0.15, 0.2) is 0 Å². The quantitative estimate of drug-likeness (QED) is 0.884. The summed E-state index contributed by atoms with van der Waals surface area (Å²) in [7, 11) is 3.12. The van der Waals surface area contributed by atoms with Crippen LogP contribution < -0.4 is 14.8 Å². The molecule has 2 rings (SSSR count). The van der Waals surface area contributed by atoms with Crippen molar-refractivity contribution in [2.45, 2.75) is 13.3 Å². The lowest BCUT2D eigenvalue weighted by Crippen LogP contribution is -2.23. The van der Waals surface area contributed by atoms with Gasteiger partial charge in [-0.3, -0.25) is 4.79 Å². The molecule has 0 bridgehead atoms. The molecule has 0 heterocycles. The van der Waals surface area contributed by atoms with Crippen LogP contribution in [0.3, 0.4) is 0 Å². The van der Waals surface area contributed by atoms with Crippen LogP contribution in [0.25, 0.3) is 0 Å². The van der Waals surface area contributed by atoms with E-state index in [-0.39, 0.29) is 12.3 Å². The summed E-state index contributed by atoms with van der Waals surface area (Å²) in [4.78, 5) is 12.4. The highest BCUT2D eigenvalue weighted by Crippen LogP contribution is 2.27. The maximum absolute atomic E-state index is 12.4. The fourth-order valence-electron chi connectivity index (χ4n) is 2.39. The predicted molar refractivity (Wildman–Crippen MR) is 92.2 cm³/mol. The number of methoxy groups -OCH3 is 2. The number of carbonyl (C=O) groups is 1. The van der Waals surface area contributed by atoms with E-state index >= 15 is 0 Å². The van der Waals surface area contributed by atoms with Gasteiger partial charge in [-0.05, 0) is 36.2 Å². The number of carbonyl (C=O) groups excluding carboxylic acids is 1. The van der Waals surface area contributed by atoms with E-state index < -0.39 is 5.92 Å². The second kappa shape index (κ2) is 8.02. The molecule has 24 heavy (non-hydrogen) atoms. The van der Waals surface area contributed by atoms with Crippen molar-refractivity contribution in [3.63, 3.8) is 0 Å². The number of aryl methyl sites for hydroxylation is 1. The molecule has 0 saturated carbocycles. The molecule has 0 fully saturated rings. The number of benzene rings is 2. The van der Waals surface area contributed by atoms with Gasteiger partial charge in [0, 0.05) is 18.2 Å². The zero-order valence-electron chi connectivity index (χ0n) is 14.0. The van der Waals surface area contributed by atoms with E-state index in [2.05, 4.69) is 11.4 Å². The normalized spacial score (nSPS) is 11.2. The molecule has 2 aromatic carbocycles. The lowest BCUT2D eigenvalue weighted by molar-refractivity contribution is -0.118. The van der Waals surface area contributed by atoms with Crippen molar-refractivity contribution in [3.05, 3.63) is 53.6 Å². The average molecular weight is 324 g/mol. The van der Waals surface area contributed by atoms with Gasteiger partial charge in [0.2, 0.25) is 5.91 Å². The number of hydrogen-bond donors (Lipinski definition) is 1. The van der Waals surface area contributed by atoms with Crippen LogP contribution in [-0.4, -0.2) is 20.1 Å². The van der Waals surface area contributed by atoms with E-state index in [1.807, 2.05) is 31.2 Å². The van der Waals surface area contributed by atoms with Crippen LogP contribution in [0.4, 0.5) is 5.69 Å². The third kappa shape index (κ3) is 4.26. The summed E-state index contributed by atoms with van der Waals surface area (Å²) in [6.45, 7) is 1.94. The highest BCUT2D eigenvalue weighted by atomic mass is 16.5. The monoisotopic (exact) mass is 324 g/mol. The van der Waals surface area contributed by atoms with Crippen LogP contribution in [0.1, 0.15) is 11.1 Å². The number of nitriles is 1. The minimum atomic E-state index is -0.812. The Bertz CT molecular complexity index is 765. The van der Waals surface area contributed by atoms with Crippen LogP contribution in [0, 0.1) is 24.2 Å². The molecule has 0 radical (unpaired) electrons. The first-order valence-corrected chi connectivity index (χ1v) is 7.55. The van der Waals surface area contributed by atoms with Gasteiger partial charge in [-0.15, -0.1) is 0 Å². The first-order valence-electron chi connectivity index (χ1n) is 7.55. The second-order valence-electron chi connectivity index (χ2n) is 5.42. The second-order valence-corrected chi connectivity index (χ2v) is 5.42. The van der Waals surface area contributed by atoms with Crippen LogP contribution in [-0.2, 0) is 11.2 Å². The molecule has 0 spiro atoms. The molecule has 1 atom stereocenters. The first kappa shape index (κ1) is 17.4. The van der Waals surface area contributed by atoms with Gasteiger partial charge in [0.05, 0.1) is 20.3 Å². The number of nitrogens with zero attached hydrogens (tertiary/aromatic N) is 1. The van der Waals surface area contributed by atoms with Crippen LogP contribution in [0.15, 0.2) is 42.5 Å². The van der Waals surface area contributed by atoms with Crippen LogP contribution >= 0.6 is 0 Å². The smallest absolute Gasteiger partial charge is 0.242 e. The predicted octanol–water partition coefficient (Wildman–Crippen LogP) is 3.33. The number of amides is 1. The van der Waals surface area contributed by atoms with Gasteiger partial charge >= 0.3 is 0 Å². The van der Waals surface area contributed by atoms with E-state index in [1.54, 1.807) is 32.4 Å². The molecule has 0 saturated heterocycles. The largest absolute Gasteiger partial charge is 0.497 e. The molecule has 0 aliphatic heterocycles. The van der Waals surface area contributed by atoms with Crippen LogP contribution in [0.5, 0.6) is 11.5 Å². The van der Waals surface area contributed by atoms with Crippen molar-refractivity contribution >= 4 is 11.6 Å². The third-order valence-electron chi connectivity index (χ3n) is 3.68. The zero-order chi connectivity index (χ0) is 17.5. The van der Waals surface area contributed by atoms with Crippen molar-refractivity contribution in [3.8, 4) is 17.6 Å². The third-order valence-corrected chi connectivity index (χ3v) is 3.68. The molecule has 5 heteroatoms. The maximum atomic E-state index is 12.4. The minimum absolute atomic E-state index is 0.265. The van der Waals surface area contributed by atoms with Gasteiger partial charge in [0.1, 0.15) is 17.4 Å². The van der Waals surface area contributed by atoms with Crippen molar-refractivity contribution in [2.75, 3.05) is 19.5 Å². The van der Waals surface area contributed by atoms with Gasteiger partial charge < -0.3 is 14.8 Å². The minimum Gasteiger partial charge on any atom is -0.497 e. The number of ether oxygens (including phenoxy) is 2. The topological polar surface area (TPSA) is 71.3 Å². The maximum Gasteiger partial charge on any atom is 0.242 e. The van der Waals surface area contributed by atoms with Crippen LogP contribution in [0.2, 0.25) is 0 Å². The summed E-state index contributed by atoms with van der Waals surface area (Å²) in [5, 5.41) is 12.2. The molecule has 2 aromatic rings. The van der Waals surface area contributed by atoms with E-state index in [0.29, 0.717) is 17.2 Å². The van der Waals surface area contributed by atoms with Gasteiger partial charge in [-0.25, -0.2) is 0 Å². The average Bonchev–Trinajstić information content (AvgIpc) is 2.59. The Hall–Kier alpha value is -3.00. The molecule has 0 aromatic heterocycles. The van der Waals surface area contributed by atoms with Crippen molar-refractivity contribution in [1.29, 1.82) is 5.26 Å². The summed E-state index contributed by atoms with van der Waals surface area (Å²) in [6, 6.07) is 14.9. The highest BCUT2D eigenvalue weighted by Gasteiger charge is 2.20. The molecule has 1 amide bonds. The Kier molecular flexibility index (Phi) is 5.80. The van der Waals surface area contributed by atoms with Crippen molar-refractivity contribution < 1.29 is 14.3 Å². The molecular formula is C19H20N2O3. The Morgan fingerprint density at radius 1 is 1.21 bits per heavy atom. The SMILES string of the molecule is COc1ccc(C[C@@H](C#N)C(=O)Nc2cccc(C)c2)c(OC)c1. The molecule has 0 unspecified atom stereocenters. The Labute approximate surface area is 141 Å². The van der Waals surface area contributed by atoms with Gasteiger partial charge in [-0.1, -0.05) is 18.2 Å². The van der Waals surface area contributed by atoms with E-state index in [0.717, 1.165) is 11.1 Å². The molecule has 0 aliphatic carbocycles. The van der Waals surface area contributed by atoms with E-state index in [4.69, 9.17) is 9.47 Å². The fraction of sp³-hybridized carbons (Fsp3) is 0.263. The molecule has 0 aliphatic rings. The lowest BCUT2D eigenvalue weighted by Gasteiger charge is -2.14. The van der Waals surface area contributed by atoms with Gasteiger partial charge in [0.25, 0.3) is 0 Å². The van der Waals surface area contributed by atoms with E-state index in [1.165, 1.54) is 0 Å². The number of rotatable bonds is 6. The Morgan fingerprint density at radius 3 is 2.62 bits per heavy atom. The summed E-state index contributed by atoms with van der Waals surface area (Å²) in [5.74, 6) is 0.111. The standard InChI is InChI=1S/C19H20N2O3/c1-13-5-4-6-16(9-13)21-19(22)15(12-20)10-14-7-8-17(23-2)11-18(14)24-3/h4-9,11,15H,10H2,1-3H3,(H,21,22)/t15-/m0/s1. The summed E-state index contributed by atoms with van der Waals surface area (Å²) in [6.07, 6.45) is 0.265. The van der Waals surface area contributed by atoms with Gasteiger partial charge in [-0.2, -0.15) is 5.26 Å². The van der Waals surface area contributed by atoms with E-state index in [9.17, 15) is 10.1 Å². The number of anilines is 1. The molecule has 1 N–H and O–H groups in total. The first-order chi connectivity index (χ1) is 11.6. The van der Waals surface area contributed by atoms with Crippen molar-refractivity contribution in [2.24, 2.45) is 5.92 Å². The number of nitrogens with one attached hydrogen (secondary N) is 1. The number of hydrogen-bond acceptors (Lipinski definition) is 4.